The van der Waals surface area contributed by atoms with Crippen molar-refractivity contribution in [3.8, 4) is 5.75 Å². The first-order valence-electron chi connectivity index (χ1n) is 10.1. The highest BCUT2D eigenvalue weighted by atomic mass is 35.5. The van der Waals surface area contributed by atoms with Crippen LogP contribution in [-0.2, 0) is 0 Å². The molecule has 0 radical (unpaired) electrons. The maximum Gasteiger partial charge on any atom is 0.253 e. The Morgan fingerprint density at radius 1 is 1.14 bits per heavy atom. The Labute approximate surface area is 177 Å². The number of unbranched alkanes of at least 4 members (excludes halogenated alkanes) is 2. The van der Waals surface area contributed by atoms with Crippen LogP contribution < -0.4 is 4.74 Å². The lowest BCUT2D eigenvalue weighted by Crippen LogP contribution is -2.32. The largest absolute Gasteiger partial charge is 0.494 e. The average Bonchev–Trinajstić information content (AvgIpc) is 2.98. The summed E-state index contributed by atoms with van der Waals surface area (Å²) in [5.74, 6) is 1.84. The molecule has 0 aliphatic carbocycles. The van der Waals surface area contributed by atoms with Gasteiger partial charge in [0.25, 0.3) is 5.91 Å². The summed E-state index contributed by atoms with van der Waals surface area (Å²) in [4.78, 5) is 14.9. The second-order valence-electron chi connectivity index (χ2n) is 7.04. The third-order valence-corrected chi connectivity index (χ3v) is 6.65. The van der Waals surface area contributed by atoms with E-state index in [0.29, 0.717) is 5.25 Å². The lowest BCUT2D eigenvalue weighted by Gasteiger charge is -2.21. The number of nitrogens with zero attached hydrogens (tertiary/aromatic N) is 1. The second-order valence-corrected chi connectivity index (χ2v) is 8.76. The lowest BCUT2D eigenvalue weighted by molar-refractivity contribution is 0.0766. The van der Waals surface area contributed by atoms with Gasteiger partial charge in [-0.25, -0.2) is 0 Å². The summed E-state index contributed by atoms with van der Waals surface area (Å²) in [5, 5.41) is 1.15. The van der Waals surface area contributed by atoms with Gasteiger partial charge < -0.3 is 9.64 Å². The molecule has 1 aliphatic rings. The Bertz CT molecular complexity index is 765. The monoisotopic (exact) mass is 417 g/mol. The van der Waals surface area contributed by atoms with Crippen LogP contribution in [0.25, 0.3) is 0 Å². The van der Waals surface area contributed by atoms with Gasteiger partial charge in [-0.3, -0.25) is 4.79 Å². The molecule has 2 aromatic rings. The van der Waals surface area contributed by atoms with Crippen molar-refractivity contribution in [3.63, 3.8) is 0 Å². The van der Waals surface area contributed by atoms with Crippen molar-refractivity contribution in [2.45, 2.75) is 37.9 Å². The van der Waals surface area contributed by atoms with Gasteiger partial charge in [-0.05, 0) is 48.7 Å². The topological polar surface area (TPSA) is 29.5 Å². The highest BCUT2D eigenvalue weighted by molar-refractivity contribution is 7.99. The molecule has 1 fully saturated rings. The fourth-order valence-corrected chi connectivity index (χ4v) is 4.98. The molecule has 3 rings (SSSR count). The minimum Gasteiger partial charge on any atom is -0.494 e. The third-order valence-electron chi connectivity index (χ3n) is 5.00. The average molecular weight is 418 g/mol. The molecule has 0 aromatic heterocycles. The van der Waals surface area contributed by atoms with Crippen LogP contribution in [0.5, 0.6) is 5.75 Å². The molecule has 3 nitrogen and oxygen atoms in total. The molecule has 1 saturated heterocycles. The summed E-state index contributed by atoms with van der Waals surface area (Å²) in [6.45, 7) is 4.42. The van der Waals surface area contributed by atoms with Crippen LogP contribution in [0.3, 0.4) is 0 Å². The maximum atomic E-state index is 12.9. The van der Waals surface area contributed by atoms with Crippen LogP contribution in [0.4, 0.5) is 0 Å². The Morgan fingerprint density at radius 3 is 2.68 bits per heavy atom. The first-order chi connectivity index (χ1) is 13.7. The summed E-state index contributed by atoms with van der Waals surface area (Å²) in [7, 11) is 0. The van der Waals surface area contributed by atoms with Gasteiger partial charge in [0.1, 0.15) is 5.75 Å². The normalized spacial score (nSPS) is 17.2. The van der Waals surface area contributed by atoms with Crippen LogP contribution in [0.15, 0.2) is 48.5 Å². The van der Waals surface area contributed by atoms with Gasteiger partial charge in [0.05, 0.1) is 6.61 Å². The van der Waals surface area contributed by atoms with Crippen molar-refractivity contribution in [3.05, 3.63) is 64.7 Å². The Hall–Kier alpha value is -1.65. The van der Waals surface area contributed by atoms with Crippen molar-refractivity contribution in [1.82, 2.24) is 4.90 Å². The van der Waals surface area contributed by atoms with E-state index in [1.807, 2.05) is 59.1 Å². The number of carbonyl (C=O) groups is 1. The predicted molar refractivity (Wildman–Crippen MR) is 119 cm³/mol. The van der Waals surface area contributed by atoms with Crippen molar-refractivity contribution < 1.29 is 9.53 Å². The van der Waals surface area contributed by atoms with E-state index in [1.54, 1.807) is 0 Å². The molecule has 0 N–H and O–H groups in total. The van der Waals surface area contributed by atoms with E-state index >= 15 is 0 Å². The van der Waals surface area contributed by atoms with Crippen LogP contribution in [0, 0.1) is 0 Å². The zero-order valence-corrected chi connectivity index (χ0v) is 18.0. The van der Waals surface area contributed by atoms with E-state index in [1.165, 1.54) is 18.4 Å². The molecule has 1 amide bonds. The molecule has 5 heteroatoms. The molecule has 28 heavy (non-hydrogen) atoms. The van der Waals surface area contributed by atoms with E-state index in [-0.39, 0.29) is 5.91 Å². The zero-order valence-electron chi connectivity index (χ0n) is 16.4. The highest BCUT2D eigenvalue weighted by Gasteiger charge is 2.24. The molecule has 0 spiro atoms. The number of halogens is 1. The number of carbonyl (C=O) groups excluding carboxylic acids is 1. The number of hydrogen-bond acceptors (Lipinski definition) is 3. The Morgan fingerprint density at radius 2 is 1.93 bits per heavy atom. The van der Waals surface area contributed by atoms with E-state index < -0.39 is 0 Å². The molecular formula is C23H28ClNO2S. The quantitative estimate of drug-likeness (QED) is 0.500. The van der Waals surface area contributed by atoms with Crippen LogP contribution in [0.1, 0.15) is 53.8 Å². The number of ether oxygens (including phenoxy) is 1. The maximum absolute atomic E-state index is 12.9. The third kappa shape index (κ3) is 5.68. The van der Waals surface area contributed by atoms with Crippen molar-refractivity contribution in [1.29, 1.82) is 0 Å². The smallest absolute Gasteiger partial charge is 0.253 e. The summed E-state index contributed by atoms with van der Waals surface area (Å²) < 4.78 is 5.74. The van der Waals surface area contributed by atoms with Crippen molar-refractivity contribution in [2.24, 2.45) is 0 Å². The molecule has 0 saturated carbocycles. The molecule has 2 aromatic carbocycles. The molecular weight excluding hydrogens is 390 g/mol. The molecule has 150 valence electrons. The van der Waals surface area contributed by atoms with E-state index in [4.69, 9.17) is 16.3 Å². The predicted octanol–water partition coefficient (Wildman–Crippen LogP) is 6.23. The summed E-state index contributed by atoms with van der Waals surface area (Å²) in [6, 6.07) is 15.6. The first-order valence-corrected chi connectivity index (χ1v) is 11.5. The van der Waals surface area contributed by atoms with Crippen molar-refractivity contribution >= 4 is 29.3 Å². The van der Waals surface area contributed by atoms with Crippen LogP contribution in [-0.4, -0.2) is 36.3 Å². The van der Waals surface area contributed by atoms with Gasteiger partial charge >= 0.3 is 0 Å². The van der Waals surface area contributed by atoms with Crippen molar-refractivity contribution in [2.75, 3.05) is 25.4 Å². The zero-order chi connectivity index (χ0) is 19.8. The molecule has 1 aliphatic heterocycles. The van der Waals surface area contributed by atoms with Gasteiger partial charge in [-0.15, -0.1) is 0 Å². The summed E-state index contributed by atoms with van der Waals surface area (Å²) >= 11 is 8.25. The van der Waals surface area contributed by atoms with E-state index in [2.05, 4.69) is 13.0 Å². The van der Waals surface area contributed by atoms with Crippen LogP contribution >= 0.6 is 23.4 Å². The van der Waals surface area contributed by atoms with Gasteiger partial charge in [-0.1, -0.05) is 49.6 Å². The fraction of sp³-hybridized carbons (Fsp3) is 0.435. The number of amides is 1. The second kappa shape index (κ2) is 10.8. The molecule has 1 atom stereocenters. The summed E-state index contributed by atoms with van der Waals surface area (Å²) in [6.07, 6.45) is 4.34. The Balaban J connectivity index is 1.56. The fourth-order valence-electron chi connectivity index (χ4n) is 3.38. The lowest BCUT2D eigenvalue weighted by atomic mass is 10.1. The van der Waals surface area contributed by atoms with Gasteiger partial charge in [-0.2, -0.15) is 11.8 Å². The van der Waals surface area contributed by atoms with Gasteiger partial charge in [0.2, 0.25) is 0 Å². The minimum absolute atomic E-state index is 0.0953. The molecule has 1 unspecified atom stereocenters. The molecule has 1 heterocycles. The highest BCUT2D eigenvalue weighted by Crippen LogP contribution is 2.38. The van der Waals surface area contributed by atoms with Gasteiger partial charge in [0, 0.05) is 34.7 Å². The number of thioether (sulfide) groups is 1. The standard InChI is InChI=1S/C23H28ClNO2S/c1-2-3-6-16-27-19-11-9-18(10-12-19)23(26)25-14-13-22(28-17-15-25)20-7-4-5-8-21(20)24/h4-5,7-12,22H,2-3,6,13-17H2,1H3. The van der Waals surface area contributed by atoms with Gasteiger partial charge in [0.15, 0.2) is 0 Å². The van der Waals surface area contributed by atoms with E-state index in [0.717, 1.165) is 54.6 Å². The SMILES string of the molecule is CCCCCOc1ccc(C(=O)N2CCSC(c3ccccc3Cl)CC2)cc1. The number of benzene rings is 2. The van der Waals surface area contributed by atoms with Crippen LogP contribution in [0.2, 0.25) is 5.02 Å². The number of rotatable bonds is 7. The number of hydrogen-bond donors (Lipinski definition) is 0. The minimum atomic E-state index is 0.0953. The Kier molecular flexibility index (Phi) is 8.11. The molecule has 0 bridgehead atoms. The van der Waals surface area contributed by atoms with E-state index in [9.17, 15) is 4.79 Å². The first kappa shape index (κ1) is 21.1. The summed E-state index contributed by atoms with van der Waals surface area (Å²) in [5.41, 5.74) is 1.90.